The van der Waals surface area contributed by atoms with Gasteiger partial charge < -0.3 is 5.32 Å². The second kappa shape index (κ2) is 5.31. The van der Waals surface area contributed by atoms with Crippen molar-refractivity contribution in [1.82, 2.24) is 4.98 Å². The molecule has 0 aliphatic heterocycles. The Labute approximate surface area is 114 Å². The highest BCUT2D eigenvalue weighted by atomic mass is 79.9. The molecule has 0 aliphatic carbocycles. The van der Waals surface area contributed by atoms with Crippen LogP contribution in [0.1, 0.15) is 21.5 Å². The van der Waals surface area contributed by atoms with Crippen LogP contribution in [-0.4, -0.2) is 10.9 Å². The van der Waals surface area contributed by atoms with E-state index < -0.39 is 0 Å². The summed E-state index contributed by atoms with van der Waals surface area (Å²) >= 11 is 3.50. The van der Waals surface area contributed by atoms with Gasteiger partial charge in [-0.2, -0.15) is 0 Å². The van der Waals surface area contributed by atoms with Crippen LogP contribution in [0.15, 0.2) is 41.1 Å². The number of carbonyl (C=O) groups is 1. The average Bonchev–Trinajstić information content (AvgIpc) is 2.37. The van der Waals surface area contributed by atoms with Crippen molar-refractivity contribution in [3.8, 4) is 0 Å². The average molecular weight is 305 g/mol. The molecule has 0 saturated heterocycles. The number of hydrogen-bond donors (Lipinski definition) is 1. The minimum absolute atomic E-state index is 0.126. The van der Waals surface area contributed by atoms with Crippen LogP contribution in [0.3, 0.4) is 0 Å². The molecule has 3 nitrogen and oxygen atoms in total. The highest BCUT2D eigenvalue weighted by molar-refractivity contribution is 9.10. The van der Waals surface area contributed by atoms with Crippen molar-refractivity contribution in [3.05, 3.63) is 57.8 Å². The first-order valence-corrected chi connectivity index (χ1v) is 6.35. The molecule has 92 valence electrons. The SMILES string of the molecule is Cc1cc(NC(=O)c2ccncc2)cc(C)c1Br. The van der Waals surface area contributed by atoms with Gasteiger partial charge in [-0.3, -0.25) is 9.78 Å². The summed E-state index contributed by atoms with van der Waals surface area (Å²) in [5.41, 5.74) is 3.60. The van der Waals surface area contributed by atoms with E-state index >= 15 is 0 Å². The first-order chi connectivity index (χ1) is 8.58. The van der Waals surface area contributed by atoms with Gasteiger partial charge in [-0.15, -0.1) is 0 Å². The van der Waals surface area contributed by atoms with E-state index in [1.54, 1.807) is 24.5 Å². The zero-order valence-electron chi connectivity index (χ0n) is 10.2. The standard InChI is InChI=1S/C14H13BrN2O/c1-9-7-12(8-10(2)13(9)15)17-14(18)11-3-5-16-6-4-11/h3-8H,1-2H3,(H,17,18). The van der Waals surface area contributed by atoms with E-state index in [1.807, 2.05) is 26.0 Å². The van der Waals surface area contributed by atoms with Crippen LogP contribution in [-0.2, 0) is 0 Å². The minimum Gasteiger partial charge on any atom is -0.322 e. The van der Waals surface area contributed by atoms with Crippen LogP contribution in [0.25, 0.3) is 0 Å². The number of halogens is 1. The van der Waals surface area contributed by atoms with Crippen LogP contribution in [0.4, 0.5) is 5.69 Å². The summed E-state index contributed by atoms with van der Waals surface area (Å²) in [6.07, 6.45) is 3.21. The number of anilines is 1. The molecule has 0 spiro atoms. The van der Waals surface area contributed by atoms with Crippen molar-refractivity contribution in [2.75, 3.05) is 5.32 Å². The molecule has 0 unspecified atom stereocenters. The summed E-state index contributed by atoms with van der Waals surface area (Å²) in [6, 6.07) is 7.26. The first kappa shape index (κ1) is 12.8. The molecule has 2 aromatic rings. The van der Waals surface area contributed by atoms with Crippen molar-refractivity contribution in [2.45, 2.75) is 13.8 Å². The van der Waals surface area contributed by atoms with Crippen molar-refractivity contribution in [2.24, 2.45) is 0 Å². The van der Waals surface area contributed by atoms with Crippen LogP contribution in [0.2, 0.25) is 0 Å². The van der Waals surface area contributed by atoms with Gasteiger partial charge in [-0.1, -0.05) is 15.9 Å². The lowest BCUT2D eigenvalue weighted by molar-refractivity contribution is 0.102. The van der Waals surface area contributed by atoms with Gasteiger partial charge in [0.1, 0.15) is 0 Å². The summed E-state index contributed by atoms with van der Waals surface area (Å²) < 4.78 is 1.07. The number of aromatic nitrogens is 1. The highest BCUT2D eigenvalue weighted by Crippen LogP contribution is 2.25. The number of hydrogen-bond acceptors (Lipinski definition) is 2. The third kappa shape index (κ3) is 2.76. The number of nitrogens with zero attached hydrogens (tertiary/aromatic N) is 1. The number of benzene rings is 1. The molecular weight excluding hydrogens is 292 g/mol. The Morgan fingerprint density at radius 2 is 1.72 bits per heavy atom. The van der Waals surface area contributed by atoms with Gasteiger partial charge in [0.15, 0.2) is 0 Å². The topological polar surface area (TPSA) is 42.0 Å². The van der Waals surface area contributed by atoms with Crippen LogP contribution in [0.5, 0.6) is 0 Å². The van der Waals surface area contributed by atoms with Crippen molar-refractivity contribution < 1.29 is 4.79 Å². The van der Waals surface area contributed by atoms with Gasteiger partial charge in [0.25, 0.3) is 5.91 Å². The number of amides is 1. The summed E-state index contributed by atoms with van der Waals surface area (Å²) in [5.74, 6) is -0.126. The molecule has 1 aromatic carbocycles. The zero-order chi connectivity index (χ0) is 13.1. The maximum atomic E-state index is 12.0. The van der Waals surface area contributed by atoms with E-state index in [2.05, 4.69) is 26.2 Å². The maximum Gasteiger partial charge on any atom is 0.255 e. The molecular formula is C14H13BrN2O. The molecule has 0 atom stereocenters. The van der Waals surface area contributed by atoms with E-state index in [1.165, 1.54) is 0 Å². The number of nitrogens with one attached hydrogen (secondary N) is 1. The molecule has 2 rings (SSSR count). The molecule has 0 aliphatic rings. The molecule has 4 heteroatoms. The van der Waals surface area contributed by atoms with Gasteiger partial charge in [0.2, 0.25) is 0 Å². The van der Waals surface area contributed by atoms with Gasteiger partial charge >= 0.3 is 0 Å². The molecule has 1 amide bonds. The highest BCUT2D eigenvalue weighted by Gasteiger charge is 2.07. The van der Waals surface area contributed by atoms with Crippen molar-refractivity contribution in [1.29, 1.82) is 0 Å². The number of pyridine rings is 1. The molecule has 1 N–H and O–H groups in total. The summed E-state index contributed by atoms with van der Waals surface area (Å²) in [4.78, 5) is 15.9. The zero-order valence-corrected chi connectivity index (χ0v) is 11.8. The molecule has 0 saturated carbocycles. The number of aryl methyl sites for hydroxylation is 2. The maximum absolute atomic E-state index is 12.0. The molecule has 1 heterocycles. The Kier molecular flexibility index (Phi) is 3.77. The Morgan fingerprint density at radius 1 is 1.17 bits per heavy atom. The van der Waals surface area contributed by atoms with Crippen molar-refractivity contribution in [3.63, 3.8) is 0 Å². The molecule has 0 fully saturated rings. The lowest BCUT2D eigenvalue weighted by atomic mass is 10.1. The second-order valence-corrected chi connectivity index (χ2v) is 4.91. The fourth-order valence-electron chi connectivity index (χ4n) is 1.72. The normalized spacial score (nSPS) is 10.2. The van der Waals surface area contributed by atoms with Gasteiger partial charge in [-0.25, -0.2) is 0 Å². The predicted molar refractivity (Wildman–Crippen MR) is 75.8 cm³/mol. The monoisotopic (exact) mass is 304 g/mol. The van der Waals surface area contributed by atoms with E-state index in [4.69, 9.17) is 0 Å². The van der Waals surface area contributed by atoms with Gasteiger partial charge in [-0.05, 0) is 49.2 Å². The van der Waals surface area contributed by atoms with E-state index in [0.29, 0.717) is 5.56 Å². The fraction of sp³-hybridized carbons (Fsp3) is 0.143. The molecule has 1 aromatic heterocycles. The van der Waals surface area contributed by atoms with Crippen molar-refractivity contribution >= 4 is 27.5 Å². The minimum atomic E-state index is -0.126. The van der Waals surface area contributed by atoms with E-state index in [-0.39, 0.29) is 5.91 Å². The third-order valence-electron chi connectivity index (χ3n) is 2.64. The van der Waals surface area contributed by atoms with Gasteiger partial charge in [0.05, 0.1) is 0 Å². The molecule has 0 bridgehead atoms. The predicted octanol–water partition coefficient (Wildman–Crippen LogP) is 3.71. The molecule has 18 heavy (non-hydrogen) atoms. The fourth-order valence-corrected chi connectivity index (χ4v) is 1.95. The Morgan fingerprint density at radius 3 is 2.28 bits per heavy atom. The number of rotatable bonds is 2. The largest absolute Gasteiger partial charge is 0.322 e. The Hall–Kier alpha value is -1.68. The lowest BCUT2D eigenvalue weighted by Gasteiger charge is -2.09. The lowest BCUT2D eigenvalue weighted by Crippen LogP contribution is -2.12. The smallest absolute Gasteiger partial charge is 0.255 e. The van der Waals surface area contributed by atoms with Gasteiger partial charge in [0, 0.05) is 28.1 Å². The van der Waals surface area contributed by atoms with Crippen LogP contribution < -0.4 is 5.32 Å². The van der Waals surface area contributed by atoms with Crippen LogP contribution >= 0.6 is 15.9 Å². The quantitative estimate of drug-likeness (QED) is 0.919. The Balaban J connectivity index is 2.23. The van der Waals surface area contributed by atoms with Crippen LogP contribution in [0, 0.1) is 13.8 Å². The third-order valence-corrected chi connectivity index (χ3v) is 3.89. The first-order valence-electron chi connectivity index (χ1n) is 5.56. The second-order valence-electron chi connectivity index (χ2n) is 4.11. The van der Waals surface area contributed by atoms with E-state index in [0.717, 1.165) is 21.3 Å². The summed E-state index contributed by atoms with van der Waals surface area (Å²) in [7, 11) is 0. The molecule has 0 radical (unpaired) electrons. The summed E-state index contributed by atoms with van der Waals surface area (Å²) in [6.45, 7) is 4.00. The van der Waals surface area contributed by atoms with E-state index in [9.17, 15) is 4.79 Å². The summed E-state index contributed by atoms with van der Waals surface area (Å²) in [5, 5.41) is 2.88. The number of carbonyl (C=O) groups excluding carboxylic acids is 1. The Bertz CT molecular complexity index is 559.